The van der Waals surface area contributed by atoms with Crippen LogP contribution in [-0.2, 0) is 11.0 Å². The summed E-state index contributed by atoms with van der Waals surface area (Å²) < 4.78 is 39.8. The van der Waals surface area contributed by atoms with Crippen LogP contribution in [0.4, 0.5) is 18.0 Å². The predicted octanol–water partition coefficient (Wildman–Crippen LogP) is 2.83. The molecule has 1 unspecified atom stereocenters. The molecule has 1 atom stereocenters. The lowest BCUT2D eigenvalue weighted by Crippen LogP contribution is -2.50. The SMILES string of the molecule is CC(=O)N1C(=O)NC(C)=C([N+](=O)[O-])C1c1ccccc1C(F)(F)F. The van der Waals surface area contributed by atoms with Crippen molar-refractivity contribution in [1.29, 1.82) is 0 Å². The molecule has 1 heterocycles. The molecule has 1 aromatic carbocycles. The van der Waals surface area contributed by atoms with Gasteiger partial charge in [0.25, 0.3) is 5.70 Å². The summed E-state index contributed by atoms with van der Waals surface area (Å²) in [5.41, 5.74) is -2.60. The molecule has 24 heavy (non-hydrogen) atoms. The summed E-state index contributed by atoms with van der Waals surface area (Å²) in [7, 11) is 0. The van der Waals surface area contributed by atoms with E-state index in [1.807, 2.05) is 0 Å². The first-order valence-electron chi connectivity index (χ1n) is 6.67. The number of alkyl halides is 3. The molecule has 0 bridgehead atoms. The molecule has 7 nitrogen and oxygen atoms in total. The van der Waals surface area contributed by atoms with Gasteiger partial charge in [-0.2, -0.15) is 13.2 Å². The van der Waals surface area contributed by atoms with Crippen LogP contribution in [0.1, 0.15) is 31.0 Å². The maximum atomic E-state index is 13.3. The van der Waals surface area contributed by atoms with Crippen LogP contribution in [0, 0.1) is 10.1 Å². The van der Waals surface area contributed by atoms with Crippen molar-refractivity contribution in [3.8, 4) is 0 Å². The lowest BCUT2D eigenvalue weighted by molar-refractivity contribution is -0.435. The Morgan fingerprint density at radius 3 is 2.42 bits per heavy atom. The third-order valence-corrected chi connectivity index (χ3v) is 3.51. The topological polar surface area (TPSA) is 92.6 Å². The van der Waals surface area contributed by atoms with Crippen molar-refractivity contribution in [3.63, 3.8) is 0 Å². The second-order valence-electron chi connectivity index (χ2n) is 5.07. The highest BCUT2D eigenvalue weighted by Crippen LogP contribution is 2.41. The summed E-state index contributed by atoms with van der Waals surface area (Å²) in [6.07, 6.45) is -4.80. The van der Waals surface area contributed by atoms with E-state index in [4.69, 9.17) is 0 Å². The van der Waals surface area contributed by atoms with Gasteiger partial charge in [0.2, 0.25) is 5.91 Å². The molecule has 0 saturated heterocycles. The van der Waals surface area contributed by atoms with Gasteiger partial charge in [0.15, 0.2) is 6.04 Å². The zero-order chi connectivity index (χ0) is 18.2. The molecule has 0 radical (unpaired) electrons. The van der Waals surface area contributed by atoms with Crippen molar-refractivity contribution in [3.05, 3.63) is 56.9 Å². The zero-order valence-corrected chi connectivity index (χ0v) is 12.5. The lowest BCUT2D eigenvalue weighted by Gasteiger charge is -2.33. The molecule has 1 N–H and O–H groups in total. The highest BCUT2D eigenvalue weighted by molar-refractivity contribution is 5.95. The van der Waals surface area contributed by atoms with Gasteiger partial charge in [-0.1, -0.05) is 18.2 Å². The van der Waals surface area contributed by atoms with Gasteiger partial charge >= 0.3 is 12.2 Å². The van der Waals surface area contributed by atoms with Gasteiger partial charge in [0.05, 0.1) is 16.2 Å². The number of hydrogen-bond donors (Lipinski definition) is 1. The Hall–Kier alpha value is -2.91. The van der Waals surface area contributed by atoms with E-state index in [1.54, 1.807) is 0 Å². The number of hydrogen-bond acceptors (Lipinski definition) is 4. The van der Waals surface area contributed by atoms with Crippen molar-refractivity contribution in [2.24, 2.45) is 0 Å². The van der Waals surface area contributed by atoms with Gasteiger partial charge in [-0.3, -0.25) is 14.9 Å². The van der Waals surface area contributed by atoms with Crippen LogP contribution in [-0.4, -0.2) is 21.8 Å². The second kappa shape index (κ2) is 5.95. The molecular formula is C14H12F3N3O4. The maximum absolute atomic E-state index is 13.3. The van der Waals surface area contributed by atoms with Crippen molar-refractivity contribution in [2.75, 3.05) is 0 Å². The highest BCUT2D eigenvalue weighted by Gasteiger charge is 2.47. The number of carbonyl (C=O) groups is 2. The van der Waals surface area contributed by atoms with Crippen molar-refractivity contribution in [1.82, 2.24) is 10.2 Å². The number of halogens is 3. The van der Waals surface area contributed by atoms with E-state index in [2.05, 4.69) is 5.32 Å². The van der Waals surface area contributed by atoms with Crippen LogP contribution in [0.2, 0.25) is 0 Å². The van der Waals surface area contributed by atoms with E-state index in [0.717, 1.165) is 25.1 Å². The molecule has 0 saturated carbocycles. The molecule has 0 spiro atoms. The second-order valence-corrected chi connectivity index (χ2v) is 5.07. The molecule has 10 heteroatoms. The Kier molecular flexibility index (Phi) is 4.32. The summed E-state index contributed by atoms with van der Waals surface area (Å²) in [5.74, 6) is -0.915. The lowest BCUT2D eigenvalue weighted by atomic mass is 9.94. The Morgan fingerprint density at radius 2 is 1.92 bits per heavy atom. The molecule has 3 amide bonds. The summed E-state index contributed by atoms with van der Waals surface area (Å²) >= 11 is 0. The number of urea groups is 1. The van der Waals surface area contributed by atoms with E-state index in [-0.39, 0.29) is 5.70 Å². The van der Waals surface area contributed by atoms with Gasteiger partial charge in [-0.25, -0.2) is 9.69 Å². The number of nitrogens with one attached hydrogen (secondary N) is 1. The molecule has 1 aromatic rings. The van der Waals surface area contributed by atoms with Crippen molar-refractivity contribution >= 4 is 11.9 Å². The standard InChI is InChI=1S/C14H12F3N3O4/c1-7-11(20(23)24)12(19(8(2)21)13(22)18-7)9-5-3-4-6-10(9)14(15,16)17/h3-6,12H,1-2H3,(H,18,22). The van der Waals surface area contributed by atoms with Crippen LogP contribution in [0.3, 0.4) is 0 Å². The van der Waals surface area contributed by atoms with E-state index >= 15 is 0 Å². The number of allylic oxidation sites excluding steroid dienone is 1. The van der Waals surface area contributed by atoms with E-state index in [1.165, 1.54) is 13.0 Å². The molecule has 0 aromatic heterocycles. The number of nitrogens with zero attached hydrogens (tertiary/aromatic N) is 2. The third kappa shape index (κ3) is 2.94. The smallest absolute Gasteiger partial charge is 0.305 e. The van der Waals surface area contributed by atoms with Gasteiger partial charge in [-0.15, -0.1) is 0 Å². The van der Waals surface area contributed by atoms with E-state index < -0.39 is 45.9 Å². The minimum absolute atomic E-state index is 0.218. The van der Waals surface area contributed by atoms with Crippen LogP contribution >= 0.6 is 0 Å². The number of amides is 3. The van der Waals surface area contributed by atoms with Crippen LogP contribution in [0.15, 0.2) is 35.7 Å². The van der Waals surface area contributed by atoms with Gasteiger partial charge < -0.3 is 5.32 Å². The minimum Gasteiger partial charge on any atom is -0.305 e. The van der Waals surface area contributed by atoms with Gasteiger partial charge in [0, 0.05) is 6.92 Å². The van der Waals surface area contributed by atoms with E-state index in [0.29, 0.717) is 4.90 Å². The first-order chi connectivity index (χ1) is 11.1. The van der Waals surface area contributed by atoms with Crippen molar-refractivity contribution in [2.45, 2.75) is 26.1 Å². The summed E-state index contributed by atoms with van der Waals surface area (Å²) in [6.45, 7) is 2.14. The molecule has 1 aliphatic rings. The number of nitro groups is 1. The average Bonchev–Trinajstić information content (AvgIpc) is 2.44. The average molecular weight is 343 g/mol. The first kappa shape index (κ1) is 17.4. The zero-order valence-electron chi connectivity index (χ0n) is 12.5. The fraction of sp³-hybridized carbons (Fsp3) is 0.286. The number of rotatable bonds is 2. The monoisotopic (exact) mass is 343 g/mol. The molecular weight excluding hydrogens is 331 g/mol. The van der Waals surface area contributed by atoms with Gasteiger partial charge in [0.1, 0.15) is 0 Å². The minimum atomic E-state index is -4.80. The van der Waals surface area contributed by atoms with Gasteiger partial charge in [-0.05, 0) is 18.6 Å². The summed E-state index contributed by atoms with van der Waals surface area (Å²) in [6, 6.07) is 1.33. The number of benzene rings is 1. The van der Waals surface area contributed by atoms with Crippen molar-refractivity contribution < 1.29 is 27.7 Å². The first-order valence-corrected chi connectivity index (χ1v) is 6.67. The van der Waals surface area contributed by atoms with Crippen LogP contribution < -0.4 is 5.32 Å². The van der Waals surface area contributed by atoms with E-state index in [9.17, 15) is 32.9 Å². The third-order valence-electron chi connectivity index (χ3n) is 3.51. The quantitative estimate of drug-likeness (QED) is 0.660. The fourth-order valence-electron chi connectivity index (χ4n) is 2.57. The van der Waals surface area contributed by atoms with Crippen LogP contribution in [0.5, 0.6) is 0 Å². The molecule has 0 aliphatic carbocycles. The Morgan fingerprint density at radius 1 is 1.33 bits per heavy atom. The number of carbonyl (C=O) groups excluding carboxylic acids is 2. The molecule has 1 aliphatic heterocycles. The maximum Gasteiger partial charge on any atom is 0.416 e. The molecule has 0 fully saturated rings. The fourth-order valence-corrected chi connectivity index (χ4v) is 2.57. The Labute approximate surface area is 133 Å². The highest BCUT2D eigenvalue weighted by atomic mass is 19.4. The van der Waals surface area contributed by atoms with Crippen LogP contribution in [0.25, 0.3) is 0 Å². The predicted molar refractivity (Wildman–Crippen MR) is 74.9 cm³/mol. The number of imide groups is 1. The summed E-state index contributed by atoms with van der Waals surface area (Å²) in [4.78, 5) is 34.7. The largest absolute Gasteiger partial charge is 0.416 e. The molecule has 128 valence electrons. The molecule has 2 rings (SSSR count). The Bertz CT molecular complexity index is 758. The summed E-state index contributed by atoms with van der Waals surface area (Å²) in [5, 5.41) is 13.5. The normalized spacial score (nSPS) is 18.5. The Balaban J connectivity index is 2.80.